The summed E-state index contributed by atoms with van der Waals surface area (Å²) in [5.41, 5.74) is 1.09. The zero-order chi connectivity index (χ0) is 9.80. The van der Waals surface area contributed by atoms with Crippen molar-refractivity contribution in [3.63, 3.8) is 0 Å². The second kappa shape index (κ2) is 4.11. The molecule has 3 nitrogen and oxygen atoms in total. The van der Waals surface area contributed by atoms with Crippen molar-refractivity contribution in [1.82, 2.24) is 10.2 Å². The van der Waals surface area contributed by atoms with Crippen LogP contribution < -0.4 is 0 Å². The molecule has 0 bridgehead atoms. The molecular formula is C10H8N2OS. The normalized spacial score (nSPS) is 10.9. The summed E-state index contributed by atoms with van der Waals surface area (Å²) < 4.78 is 5.06. The second-order valence-corrected chi connectivity index (χ2v) is 3.05. The van der Waals surface area contributed by atoms with Crippen LogP contribution in [0.3, 0.4) is 0 Å². The number of hydrogen-bond acceptors (Lipinski definition) is 4. The van der Waals surface area contributed by atoms with Crippen LogP contribution in [0.25, 0.3) is 12.2 Å². The van der Waals surface area contributed by atoms with Crippen molar-refractivity contribution in [3.8, 4) is 0 Å². The maximum absolute atomic E-state index is 5.06. The molecule has 0 unspecified atom stereocenters. The van der Waals surface area contributed by atoms with Crippen LogP contribution in [-0.4, -0.2) is 10.2 Å². The van der Waals surface area contributed by atoms with Gasteiger partial charge in [-0.3, -0.25) is 0 Å². The van der Waals surface area contributed by atoms with E-state index in [1.54, 1.807) is 6.08 Å². The van der Waals surface area contributed by atoms with Crippen LogP contribution in [0, 0.1) is 0 Å². The summed E-state index contributed by atoms with van der Waals surface area (Å²) >= 11 is 3.91. The van der Waals surface area contributed by atoms with E-state index in [1.165, 1.54) is 0 Å². The summed E-state index contributed by atoms with van der Waals surface area (Å²) in [4.78, 5) is 0. The predicted octanol–water partition coefficient (Wildman–Crippen LogP) is 2.53. The molecule has 0 aliphatic rings. The molecule has 0 atom stereocenters. The van der Waals surface area contributed by atoms with Crippen molar-refractivity contribution in [3.05, 3.63) is 41.8 Å². The zero-order valence-electron chi connectivity index (χ0n) is 7.29. The van der Waals surface area contributed by atoms with Crippen molar-refractivity contribution in [2.24, 2.45) is 0 Å². The molecule has 2 aromatic rings. The molecule has 0 N–H and O–H groups in total. The number of rotatable bonds is 2. The lowest BCUT2D eigenvalue weighted by Crippen LogP contribution is -1.71. The summed E-state index contributed by atoms with van der Waals surface area (Å²) in [5.74, 6) is 0.457. The fourth-order valence-electron chi connectivity index (χ4n) is 1.03. The molecule has 1 aromatic heterocycles. The smallest absolute Gasteiger partial charge is 0.273 e. The topological polar surface area (TPSA) is 38.9 Å². The summed E-state index contributed by atoms with van der Waals surface area (Å²) in [5, 5.41) is 7.65. The van der Waals surface area contributed by atoms with Crippen LogP contribution in [0.15, 0.2) is 40.0 Å². The average molecular weight is 204 g/mol. The van der Waals surface area contributed by atoms with Crippen LogP contribution >= 0.6 is 12.6 Å². The lowest BCUT2D eigenvalue weighted by Gasteiger charge is -1.88. The minimum absolute atomic E-state index is 0.276. The van der Waals surface area contributed by atoms with Gasteiger partial charge in [-0.2, -0.15) is 0 Å². The second-order valence-electron chi connectivity index (χ2n) is 2.67. The van der Waals surface area contributed by atoms with E-state index >= 15 is 0 Å². The van der Waals surface area contributed by atoms with Gasteiger partial charge in [0.25, 0.3) is 5.22 Å². The average Bonchev–Trinajstić information content (AvgIpc) is 2.63. The van der Waals surface area contributed by atoms with Gasteiger partial charge in [0.15, 0.2) is 0 Å². The quantitative estimate of drug-likeness (QED) is 0.764. The highest BCUT2D eigenvalue weighted by Gasteiger charge is 1.96. The van der Waals surface area contributed by atoms with Gasteiger partial charge in [0.1, 0.15) is 0 Å². The summed E-state index contributed by atoms with van der Waals surface area (Å²) in [6.07, 6.45) is 3.66. The Morgan fingerprint density at radius 1 is 1.07 bits per heavy atom. The standard InChI is InChI=1S/C10H8N2OS/c14-10-12-11-9(13-10)7-6-8-4-2-1-3-5-8/h1-7H,(H,12,14)/b7-6+. The van der Waals surface area contributed by atoms with Gasteiger partial charge >= 0.3 is 0 Å². The van der Waals surface area contributed by atoms with Gasteiger partial charge in [-0.05, 0) is 11.6 Å². The first kappa shape index (κ1) is 9.02. The van der Waals surface area contributed by atoms with E-state index in [9.17, 15) is 0 Å². The molecule has 0 amide bonds. The van der Waals surface area contributed by atoms with E-state index in [4.69, 9.17) is 4.42 Å². The third-order valence-corrected chi connectivity index (χ3v) is 1.83. The number of nitrogens with zero attached hydrogens (tertiary/aromatic N) is 2. The molecule has 0 aliphatic heterocycles. The Bertz CT molecular complexity index is 436. The lowest BCUT2D eigenvalue weighted by molar-refractivity contribution is 0.448. The molecule has 0 fully saturated rings. The third kappa shape index (κ3) is 2.23. The van der Waals surface area contributed by atoms with Gasteiger partial charge in [-0.1, -0.05) is 43.0 Å². The molecule has 2 rings (SSSR count). The van der Waals surface area contributed by atoms with E-state index < -0.39 is 0 Å². The zero-order valence-corrected chi connectivity index (χ0v) is 8.19. The Balaban J connectivity index is 2.15. The fraction of sp³-hybridized carbons (Fsp3) is 0. The monoisotopic (exact) mass is 204 g/mol. The molecule has 70 valence electrons. The van der Waals surface area contributed by atoms with Crippen LogP contribution in [-0.2, 0) is 0 Å². The summed E-state index contributed by atoms with van der Waals surface area (Å²) in [6.45, 7) is 0. The number of thiol groups is 1. The molecule has 0 saturated heterocycles. The highest BCUT2D eigenvalue weighted by Crippen LogP contribution is 2.08. The maximum atomic E-state index is 5.06. The summed E-state index contributed by atoms with van der Waals surface area (Å²) in [6, 6.07) is 9.90. The van der Waals surface area contributed by atoms with Crippen molar-refractivity contribution < 1.29 is 4.42 Å². The summed E-state index contributed by atoms with van der Waals surface area (Å²) in [7, 11) is 0. The molecule has 0 aliphatic carbocycles. The van der Waals surface area contributed by atoms with E-state index in [0.717, 1.165) is 5.56 Å². The molecule has 0 spiro atoms. The molecule has 4 heteroatoms. The van der Waals surface area contributed by atoms with E-state index in [-0.39, 0.29) is 5.22 Å². The van der Waals surface area contributed by atoms with Gasteiger partial charge in [0.2, 0.25) is 5.89 Å². The van der Waals surface area contributed by atoms with E-state index in [2.05, 4.69) is 22.8 Å². The first-order chi connectivity index (χ1) is 6.84. The maximum Gasteiger partial charge on any atom is 0.273 e. The van der Waals surface area contributed by atoms with Crippen molar-refractivity contribution in [2.75, 3.05) is 0 Å². The van der Waals surface area contributed by atoms with Crippen LogP contribution in [0.5, 0.6) is 0 Å². The van der Waals surface area contributed by atoms with Crippen molar-refractivity contribution in [1.29, 1.82) is 0 Å². The first-order valence-electron chi connectivity index (χ1n) is 4.10. The Labute approximate surface area is 86.9 Å². The minimum Gasteiger partial charge on any atom is -0.412 e. The number of benzene rings is 1. The van der Waals surface area contributed by atoms with Gasteiger partial charge in [0.05, 0.1) is 0 Å². The lowest BCUT2D eigenvalue weighted by atomic mass is 10.2. The first-order valence-corrected chi connectivity index (χ1v) is 4.55. The third-order valence-electron chi connectivity index (χ3n) is 1.65. The highest BCUT2D eigenvalue weighted by molar-refractivity contribution is 7.80. The Morgan fingerprint density at radius 3 is 2.50 bits per heavy atom. The van der Waals surface area contributed by atoms with Crippen molar-refractivity contribution >= 4 is 24.8 Å². The fourth-order valence-corrected chi connectivity index (χ4v) is 1.16. The molecule has 0 saturated carbocycles. The Hall–Kier alpha value is -1.55. The predicted molar refractivity (Wildman–Crippen MR) is 56.9 cm³/mol. The van der Waals surface area contributed by atoms with Gasteiger partial charge < -0.3 is 4.42 Å². The molecular weight excluding hydrogens is 196 g/mol. The van der Waals surface area contributed by atoms with Gasteiger partial charge in [-0.25, -0.2) is 0 Å². The van der Waals surface area contributed by atoms with E-state index in [1.807, 2.05) is 36.4 Å². The Kier molecular flexibility index (Phi) is 2.65. The van der Waals surface area contributed by atoms with E-state index in [0.29, 0.717) is 5.89 Å². The Morgan fingerprint density at radius 2 is 1.86 bits per heavy atom. The molecule has 0 radical (unpaired) electrons. The largest absolute Gasteiger partial charge is 0.412 e. The molecule has 1 aromatic carbocycles. The van der Waals surface area contributed by atoms with Crippen LogP contribution in [0.1, 0.15) is 11.5 Å². The highest BCUT2D eigenvalue weighted by atomic mass is 32.1. The van der Waals surface area contributed by atoms with Crippen LogP contribution in [0.4, 0.5) is 0 Å². The SMILES string of the molecule is Sc1nnc(/C=C/c2ccccc2)o1. The number of hydrogen-bond donors (Lipinski definition) is 1. The molecule has 14 heavy (non-hydrogen) atoms. The van der Waals surface area contributed by atoms with Crippen molar-refractivity contribution in [2.45, 2.75) is 5.22 Å². The molecule has 1 heterocycles. The number of aromatic nitrogens is 2. The van der Waals surface area contributed by atoms with Gasteiger partial charge in [0, 0.05) is 6.08 Å². The van der Waals surface area contributed by atoms with Crippen LogP contribution in [0.2, 0.25) is 0 Å². The van der Waals surface area contributed by atoms with Gasteiger partial charge in [-0.15, -0.1) is 10.2 Å². The minimum atomic E-state index is 0.276.